The van der Waals surface area contributed by atoms with Gasteiger partial charge in [-0.3, -0.25) is 4.79 Å². The molecule has 1 saturated heterocycles. The van der Waals surface area contributed by atoms with Crippen LogP contribution in [0.1, 0.15) is 29.6 Å². The van der Waals surface area contributed by atoms with Gasteiger partial charge in [0, 0.05) is 19.3 Å². The first kappa shape index (κ1) is 12.8. The number of hydrogen-bond donors (Lipinski definition) is 2. The molecule has 0 atom stereocenters. The minimum absolute atomic E-state index is 0.441. The van der Waals surface area contributed by atoms with Crippen LogP contribution in [0.2, 0.25) is 0 Å². The summed E-state index contributed by atoms with van der Waals surface area (Å²) in [4.78, 5) is 17.5. The molecule has 2 heterocycles. The highest BCUT2D eigenvalue weighted by Gasteiger charge is 2.09. The van der Waals surface area contributed by atoms with Gasteiger partial charge in [-0.15, -0.1) is 0 Å². The molecule has 1 aromatic rings. The van der Waals surface area contributed by atoms with Crippen molar-refractivity contribution in [3.8, 4) is 0 Å². The van der Waals surface area contributed by atoms with Crippen molar-refractivity contribution in [3.05, 3.63) is 23.9 Å². The van der Waals surface area contributed by atoms with Gasteiger partial charge in [0.25, 0.3) is 0 Å². The molecule has 3 N–H and O–H groups in total. The number of likely N-dealkylation sites (tertiary alicyclic amines) is 1. The van der Waals surface area contributed by atoms with E-state index in [-0.39, 0.29) is 0 Å². The molecule has 0 radical (unpaired) electrons. The van der Waals surface area contributed by atoms with Crippen LogP contribution >= 0.6 is 0 Å². The molecular weight excluding hydrogens is 228 g/mol. The van der Waals surface area contributed by atoms with Crippen LogP contribution in [0, 0.1) is 0 Å². The van der Waals surface area contributed by atoms with Crippen LogP contribution in [-0.4, -0.2) is 42.0 Å². The molecule has 0 unspecified atom stereocenters. The van der Waals surface area contributed by atoms with Crippen LogP contribution < -0.4 is 11.1 Å². The van der Waals surface area contributed by atoms with E-state index in [0.29, 0.717) is 5.56 Å². The molecule has 1 fully saturated rings. The van der Waals surface area contributed by atoms with Gasteiger partial charge in [0.15, 0.2) is 0 Å². The van der Waals surface area contributed by atoms with Crippen LogP contribution in [-0.2, 0) is 0 Å². The summed E-state index contributed by atoms with van der Waals surface area (Å²) in [5, 5.41) is 3.25. The maximum Gasteiger partial charge on any atom is 0.250 e. The third-order valence-corrected chi connectivity index (χ3v) is 3.23. The summed E-state index contributed by atoms with van der Waals surface area (Å²) in [7, 11) is 0. The van der Waals surface area contributed by atoms with E-state index in [9.17, 15) is 4.79 Å². The Hall–Kier alpha value is -1.62. The summed E-state index contributed by atoms with van der Waals surface area (Å²) >= 11 is 0. The van der Waals surface area contributed by atoms with Crippen LogP contribution in [0.15, 0.2) is 18.3 Å². The van der Waals surface area contributed by atoms with Crippen LogP contribution in [0.3, 0.4) is 0 Å². The Morgan fingerprint density at radius 3 is 2.72 bits per heavy atom. The highest BCUT2D eigenvalue weighted by atomic mass is 16.1. The zero-order valence-corrected chi connectivity index (χ0v) is 10.6. The van der Waals surface area contributed by atoms with E-state index in [1.54, 1.807) is 12.1 Å². The molecule has 1 amide bonds. The summed E-state index contributed by atoms with van der Waals surface area (Å²) in [5.41, 5.74) is 5.60. The summed E-state index contributed by atoms with van der Waals surface area (Å²) in [5.74, 6) is 0.347. The topological polar surface area (TPSA) is 71.2 Å². The summed E-state index contributed by atoms with van der Waals surface area (Å²) < 4.78 is 0. The van der Waals surface area contributed by atoms with Gasteiger partial charge in [0.05, 0.1) is 5.56 Å². The number of anilines is 1. The highest BCUT2D eigenvalue weighted by molar-refractivity contribution is 5.92. The molecule has 18 heavy (non-hydrogen) atoms. The van der Waals surface area contributed by atoms with Gasteiger partial charge in [-0.1, -0.05) is 6.42 Å². The minimum Gasteiger partial charge on any atom is -0.369 e. The molecule has 1 aliphatic rings. The Morgan fingerprint density at radius 1 is 1.33 bits per heavy atom. The van der Waals surface area contributed by atoms with Crippen molar-refractivity contribution in [1.29, 1.82) is 0 Å². The van der Waals surface area contributed by atoms with Crippen molar-refractivity contribution in [2.75, 3.05) is 31.5 Å². The predicted octanol–water partition coefficient (Wildman–Crippen LogP) is 1.08. The lowest BCUT2D eigenvalue weighted by molar-refractivity contribution is 0.1000. The maximum atomic E-state index is 10.9. The fourth-order valence-electron chi connectivity index (χ4n) is 2.17. The average molecular weight is 248 g/mol. The van der Waals surface area contributed by atoms with Crippen molar-refractivity contribution in [2.45, 2.75) is 19.3 Å². The molecule has 0 aliphatic carbocycles. The number of hydrogen-bond acceptors (Lipinski definition) is 4. The number of nitrogens with one attached hydrogen (secondary N) is 1. The maximum absolute atomic E-state index is 10.9. The van der Waals surface area contributed by atoms with Gasteiger partial charge < -0.3 is 16.0 Å². The second-order valence-electron chi connectivity index (χ2n) is 4.63. The van der Waals surface area contributed by atoms with Crippen LogP contribution in [0.4, 0.5) is 5.82 Å². The Balaban J connectivity index is 1.74. The van der Waals surface area contributed by atoms with Gasteiger partial charge in [-0.2, -0.15) is 0 Å². The molecule has 5 nitrogen and oxygen atoms in total. The molecule has 0 saturated carbocycles. The number of carbonyl (C=O) groups excluding carboxylic acids is 1. The van der Waals surface area contributed by atoms with Gasteiger partial charge >= 0.3 is 0 Å². The zero-order valence-electron chi connectivity index (χ0n) is 10.6. The quantitative estimate of drug-likeness (QED) is 0.818. The van der Waals surface area contributed by atoms with Crippen LogP contribution in [0.5, 0.6) is 0 Å². The van der Waals surface area contributed by atoms with Crippen molar-refractivity contribution < 1.29 is 4.79 Å². The number of aromatic nitrogens is 1. The molecule has 0 aromatic carbocycles. The van der Waals surface area contributed by atoms with Crippen molar-refractivity contribution in [1.82, 2.24) is 9.88 Å². The standard InChI is InChI=1S/C13H20N4O/c14-13(18)11-4-5-12(16-10-11)15-6-9-17-7-2-1-3-8-17/h4-5,10H,1-3,6-9H2,(H2,14,18)(H,15,16). The second-order valence-corrected chi connectivity index (χ2v) is 4.63. The molecule has 5 heteroatoms. The number of carbonyl (C=O) groups is 1. The Bertz CT molecular complexity index is 384. The summed E-state index contributed by atoms with van der Waals surface area (Å²) in [6.45, 7) is 4.33. The first-order chi connectivity index (χ1) is 8.75. The monoisotopic (exact) mass is 248 g/mol. The molecule has 98 valence electrons. The van der Waals surface area contributed by atoms with E-state index in [1.165, 1.54) is 38.5 Å². The Morgan fingerprint density at radius 2 is 2.11 bits per heavy atom. The number of nitrogens with zero attached hydrogens (tertiary/aromatic N) is 2. The summed E-state index contributed by atoms with van der Waals surface area (Å²) in [6.07, 6.45) is 5.49. The Labute approximate surface area is 107 Å². The highest BCUT2D eigenvalue weighted by Crippen LogP contribution is 2.08. The van der Waals surface area contributed by atoms with E-state index in [1.807, 2.05) is 0 Å². The number of nitrogens with two attached hydrogens (primary N) is 1. The molecular formula is C13H20N4O. The smallest absolute Gasteiger partial charge is 0.250 e. The van der Waals surface area contributed by atoms with Gasteiger partial charge in [0.1, 0.15) is 5.82 Å². The largest absolute Gasteiger partial charge is 0.369 e. The average Bonchev–Trinajstić information content (AvgIpc) is 2.40. The molecule has 1 aliphatic heterocycles. The number of pyridine rings is 1. The molecule has 0 spiro atoms. The fraction of sp³-hybridized carbons (Fsp3) is 0.538. The van der Waals surface area contributed by atoms with E-state index < -0.39 is 5.91 Å². The zero-order chi connectivity index (χ0) is 12.8. The lowest BCUT2D eigenvalue weighted by Crippen LogP contribution is -2.33. The Kier molecular flexibility index (Phi) is 4.52. The third kappa shape index (κ3) is 3.70. The third-order valence-electron chi connectivity index (χ3n) is 3.23. The molecule has 2 rings (SSSR count). The predicted molar refractivity (Wildman–Crippen MR) is 71.5 cm³/mol. The van der Waals surface area contributed by atoms with Gasteiger partial charge in [0.2, 0.25) is 5.91 Å². The number of piperidine rings is 1. The lowest BCUT2D eigenvalue weighted by Gasteiger charge is -2.26. The van der Waals surface area contributed by atoms with E-state index >= 15 is 0 Å². The SMILES string of the molecule is NC(=O)c1ccc(NCCN2CCCCC2)nc1. The second kappa shape index (κ2) is 6.35. The normalized spacial score (nSPS) is 16.4. The van der Waals surface area contributed by atoms with Gasteiger partial charge in [-0.05, 0) is 38.1 Å². The van der Waals surface area contributed by atoms with Crippen molar-refractivity contribution in [2.24, 2.45) is 5.73 Å². The van der Waals surface area contributed by atoms with E-state index in [2.05, 4.69) is 15.2 Å². The molecule has 0 bridgehead atoms. The number of primary amides is 1. The van der Waals surface area contributed by atoms with Gasteiger partial charge in [-0.25, -0.2) is 4.98 Å². The molecule has 1 aromatic heterocycles. The first-order valence-corrected chi connectivity index (χ1v) is 6.48. The summed E-state index contributed by atoms with van der Waals surface area (Å²) in [6, 6.07) is 3.48. The van der Waals surface area contributed by atoms with Crippen molar-refractivity contribution in [3.63, 3.8) is 0 Å². The van der Waals surface area contributed by atoms with Crippen LogP contribution in [0.25, 0.3) is 0 Å². The number of rotatable bonds is 5. The lowest BCUT2D eigenvalue weighted by atomic mass is 10.1. The van der Waals surface area contributed by atoms with E-state index in [4.69, 9.17) is 5.73 Å². The first-order valence-electron chi connectivity index (χ1n) is 6.48. The fourth-order valence-corrected chi connectivity index (χ4v) is 2.17. The minimum atomic E-state index is -0.442. The number of amides is 1. The van der Waals surface area contributed by atoms with Crippen molar-refractivity contribution >= 4 is 11.7 Å². The van der Waals surface area contributed by atoms with E-state index in [0.717, 1.165) is 18.9 Å².